The van der Waals surface area contributed by atoms with Gasteiger partial charge in [0.15, 0.2) is 0 Å². The minimum atomic E-state index is 0.580. The molecule has 3 heteroatoms. The third-order valence-corrected chi connectivity index (χ3v) is 4.61. The van der Waals surface area contributed by atoms with E-state index in [0.29, 0.717) is 6.04 Å². The molecular formula is C16H25N3. The monoisotopic (exact) mass is 259 g/mol. The van der Waals surface area contributed by atoms with Gasteiger partial charge in [-0.2, -0.15) is 0 Å². The number of aromatic nitrogens is 1. The molecule has 0 bridgehead atoms. The van der Waals surface area contributed by atoms with Crippen molar-refractivity contribution in [1.29, 1.82) is 0 Å². The maximum absolute atomic E-state index is 4.71. The van der Waals surface area contributed by atoms with Crippen LogP contribution in [0.25, 0.3) is 0 Å². The predicted octanol–water partition coefficient (Wildman–Crippen LogP) is 3.23. The summed E-state index contributed by atoms with van der Waals surface area (Å²) in [6, 6.07) is 5.10. The lowest BCUT2D eigenvalue weighted by Crippen LogP contribution is -2.31. The van der Waals surface area contributed by atoms with E-state index in [1.807, 2.05) is 0 Å². The van der Waals surface area contributed by atoms with E-state index in [1.54, 1.807) is 0 Å². The quantitative estimate of drug-likeness (QED) is 0.813. The molecule has 19 heavy (non-hydrogen) atoms. The van der Waals surface area contributed by atoms with Crippen molar-refractivity contribution in [2.24, 2.45) is 0 Å². The fourth-order valence-corrected chi connectivity index (χ4v) is 3.40. The highest BCUT2D eigenvalue weighted by Crippen LogP contribution is 2.29. The van der Waals surface area contributed by atoms with Crippen LogP contribution in [0.1, 0.15) is 50.1 Å². The number of hydrogen-bond donors (Lipinski definition) is 0. The summed E-state index contributed by atoms with van der Waals surface area (Å²) in [6.45, 7) is 3.57. The molecule has 2 aliphatic rings. The summed E-state index contributed by atoms with van der Waals surface area (Å²) in [4.78, 5) is 9.61. The van der Waals surface area contributed by atoms with Crippen molar-refractivity contribution >= 4 is 5.82 Å². The van der Waals surface area contributed by atoms with E-state index in [9.17, 15) is 0 Å². The molecule has 1 aromatic heterocycles. The molecule has 0 aromatic carbocycles. The van der Waals surface area contributed by atoms with Gasteiger partial charge in [-0.25, -0.2) is 4.98 Å². The predicted molar refractivity (Wildman–Crippen MR) is 79.5 cm³/mol. The van der Waals surface area contributed by atoms with Crippen molar-refractivity contribution in [2.45, 2.75) is 44.6 Å². The topological polar surface area (TPSA) is 19.4 Å². The number of anilines is 1. The summed E-state index contributed by atoms with van der Waals surface area (Å²) < 4.78 is 0. The van der Waals surface area contributed by atoms with E-state index in [2.05, 4.69) is 35.2 Å². The fourth-order valence-electron chi connectivity index (χ4n) is 3.40. The molecule has 1 atom stereocenters. The lowest BCUT2D eigenvalue weighted by molar-refractivity contribution is 0.187. The zero-order valence-electron chi connectivity index (χ0n) is 12.0. The van der Waals surface area contributed by atoms with Crippen LogP contribution < -0.4 is 4.90 Å². The summed E-state index contributed by atoms with van der Waals surface area (Å²) in [5.41, 5.74) is 1.39. The lowest BCUT2D eigenvalue weighted by atomic mass is 9.97. The van der Waals surface area contributed by atoms with Crippen molar-refractivity contribution < 1.29 is 0 Å². The third-order valence-electron chi connectivity index (χ3n) is 4.61. The Morgan fingerprint density at radius 2 is 1.79 bits per heavy atom. The molecule has 1 aromatic rings. The average Bonchev–Trinajstić information content (AvgIpc) is 2.49. The smallest absolute Gasteiger partial charge is 0.128 e. The van der Waals surface area contributed by atoms with Crippen LogP contribution in [-0.4, -0.2) is 36.6 Å². The Bertz CT molecular complexity index is 395. The second-order valence-electron chi connectivity index (χ2n) is 5.99. The molecule has 104 valence electrons. The highest BCUT2D eigenvalue weighted by atomic mass is 15.2. The number of pyridine rings is 1. The van der Waals surface area contributed by atoms with Crippen molar-refractivity contribution in [3.05, 3.63) is 23.9 Å². The van der Waals surface area contributed by atoms with E-state index >= 15 is 0 Å². The second-order valence-corrected chi connectivity index (χ2v) is 5.99. The Morgan fingerprint density at radius 3 is 2.47 bits per heavy atom. The van der Waals surface area contributed by atoms with Crippen LogP contribution in [0, 0.1) is 0 Å². The zero-order valence-corrected chi connectivity index (χ0v) is 12.0. The molecule has 3 nitrogen and oxygen atoms in total. The number of rotatable bonds is 2. The molecule has 2 aliphatic heterocycles. The van der Waals surface area contributed by atoms with Gasteiger partial charge in [-0.1, -0.05) is 12.5 Å². The molecule has 0 spiro atoms. The Balaban J connectivity index is 1.70. The van der Waals surface area contributed by atoms with Crippen LogP contribution in [0.2, 0.25) is 0 Å². The highest BCUT2D eigenvalue weighted by molar-refractivity contribution is 5.40. The molecule has 0 N–H and O–H groups in total. The Kier molecular flexibility index (Phi) is 4.02. The minimum absolute atomic E-state index is 0.580. The van der Waals surface area contributed by atoms with Gasteiger partial charge in [0.05, 0.1) is 0 Å². The maximum Gasteiger partial charge on any atom is 0.128 e. The normalized spacial score (nSPS) is 25.5. The van der Waals surface area contributed by atoms with Crippen LogP contribution in [0.5, 0.6) is 0 Å². The highest BCUT2D eigenvalue weighted by Gasteiger charge is 2.21. The Morgan fingerprint density at radius 1 is 1.00 bits per heavy atom. The molecule has 2 fully saturated rings. The van der Waals surface area contributed by atoms with Gasteiger partial charge in [-0.05, 0) is 57.3 Å². The molecule has 3 rings (SSSR count). The molecular weight excluding hydrogens is 234 g/mol. The summed E-state index contributed by atoms with van der Waals surface area (Å²) in [7, 11) is 2.24. The van der Waals surface area contributed by atoms with Crippen LogP contribution in [-0.2, 0) is 0 Å². The largest absolute Gasteiger partial charge is 0.357 e. The first-order valence-electron chi connectivity index (χ1n) is 7.76. The first-order valence-corrected chi connectivity index (χ1v) is 7.76. The first-order chi connectivity index (χ1) is 9.34. The second kappa shape index (κ2) is 5.91. The van der Waals surface area contributed by atoms with Gasteiger partial charge in [0.2, 0.25) is 0 Å². The maximum atomic E-state index is 4.71. The Hall–Kier alpha value is -1.09. The van der Waals surface area contributed by atoms with E-state index in [4.69, 9.17) is 4.98 Å². The summed E-state index contributed by atoms with van der Waals surface area (Å²) in [6.07, 6.45) is 10.1. The minimum Gasteiger partial charge on any atom is -0.357 e. The molecule has 0 aliphatic carbocycles. The number of hydrogen-bond acceptors (Lipinski definition) is 3. The standard InChI is InChI=1S/C16H25N3/c1-18-10-6-3-7-15(18)14-8-9-16(17-13-14)19-11-4-2-5-12-19/h8-9,13,15H,2-7,10-12H2,1H3. The van der Waals surface area contributed by atoms with E-state index in [0.717, 1.165) is 0 Å². The fraction of sp³-hybridized carbons (Fsp3) is 0.688. The van der Waals surface area contributed by atoms with E-state index in [1.165, 1.54) is 69.5 Å². The van der Waals surface area contributed by atoms with Crippen LogP contribution in [0.15, 0.2) is 18.3 Å². The first kappa shape index (κ1) is 12.9. The van der Waals surface area contributed by atoms with Crippen LogP contribution in [0.3, 0.4) is 0 Å². The third kappa shape index (κ3) is 2.92. The van der Waals surface area contributed by atoms with Gasteiger partial charge in [-0.3, -0.25) is 4.90 Å². The molecule has 0 radical (unpaired) electrons. The van der Waals surface area contributed by atoms with Crippen molar-refractivity contribution in [3.8, 4) is 0 Å². The van der Waals surface area contributed by atoms with Crippen molar-refractivity contribution in [3.63, 3.8) is 0 Å². The van der Waals surface area contributed by atoms with E-state index in [-0.39, 0.29) is 0 Å². The van der Waals surface area contributed by atoms with Gasteiger partial charge >= 0.3 is 0 Å². The lowest BCUT2D eigenvalue weighted by Gasteiger charge is -2.33. The molecule has 0 saturated carbocycles. The van der Waals surface area contributed by atoms with Gasteiger partial charge in [0.25, 0.3) is 0 Å². The Labute approximate surface area is 116 Å². The van der Waals surface area contributed by atoms with Gasteiger partial charge in [0.1, 0.15) is 5.82 Å². The molecule has 0 amide bonds. The van der Waals surface area contributed by atoms with Crippen molar-refractivity contribution in [2.75, 3.05) is 31.6 Å². The molecule has 1 unspecified atom stereocenters. The summed E-state index contributed by atoms with van der Waals surface area (Å²) in [5, 5.41) is 0. The van der Waals surface area contributed by atoms with Gasteiger partial charge in [0, 0.05) is 25.3 Å². The molecule has 2 saturated heterocycles. The zero-order chi connectivity index (χ0) is 13.1. The molecule has 3 heterocycles. The van der Waals surface area contributed by atoms with Gasteiger partial charge in [-0.15, -0.1) is 0 Å². The van der Waals surface area contributed by atoms with E-state index < -0.39 is 0 Å². The number of likely N-dealkylation sites (tertiary alicyclic amines) is 1. The van der Waals surface area contributed by atoms with Crippen molar-refractivity contribution in [1.82, 2.24) is 9.88 Å². The SMILES string of the molecule is CN1CCCCC1c1ccc(N2CCCCC2)nc1. The number of nitrogens with zero attached hydrogens (tertiary/aromatic N) is 3. The number of piperidine rings is 2. The van der Waals surface area contributed by atoms with Gasteiger partial charge < -0.3 is 4.90 Å². The van der Waals surface area contributed by atoms with Crippen LogP contribution in [0.4, 0.5) is 5.82 Å². The van der Waals surface area contributed by atoms with Crippen LogP contribution >= 0.6 is 0 Å². The summed E-state index contributed by atoms with van der Waals surface area (Å²) >= 11 is 0. The summed E-state index contributed by atoms with van der Waals surface area (Å²) in [5.74, 6) is 1.17. The average molecular weight is 259 g/mol.